The maximum Gasteiger partial charge on any atom is 0.326 e. The average molecular weight is 547 g/mol. The topological polar surface area (TPSA) is 258 Å². The fourth-order valence-electron chi connectivity index (χ4n) is 3.19. The van der Waals surface area contributed by atoms with Crippen molar-refractivity contribution in [3.8, 4) is 0 Å². The molecule has 0 aliphatic carbocycles. The minimum absolute atomic E-state index is 0.109. The Labute approximate surface area is 221 Å². The molecular weight excluding hydrogens is 504 g/mol. The second-order valence-corrected chi connectivity index (χ2v) is 9.66. The van der Waals surface area contributed by atoms with E-state index in [1.165, 1.54) is 11.8 Å². The summed E-state index contributed by atoms with van der Waals surface area (Å²) in [5.41, 5.74) is 21.7. The van der Waals surface area contributed by atoms with Crippen LogP contribution >= 0.6 is 11.8 Å². The SMILES string of the molecule is CCC(C)C(NC(=O)C(CCCN=C(N)N)NC(=O)C(N)CCSC)C(=O)NC(CCC(N)=O)C(=O)O. The highest BCUT2D eigenvalue weighted by Gasteiger charge is 2.32. The first kappa shape index (κ1) is 33.9. The number of nitrogens with zero attached hydrogens (tertiary/aromatic N) is 1. The lowest BCUT2D eigenvalue weighted by Crippen LogP contribution is -2.58. The number of nitrogens with two attached hydrogens (primary N) is 4. The molecule has 15 heteroatoms. The molecule has 212 valence electrons. The van der Waals surface area contributed by atoms with Crippen molar-refractivity contribution in [1.82, 2.24) is 16.0 Å². The summed E-state index contributed by atoms with van der Waals surface area (Å²) in [7, 11) is 0. The van der Waals surface area contributed by atoms with Crippen LogP contribution in [0.1, 0.15) is 52.4 Å². The number of carbonyl (C=O) groups is 5. The van der Waals surface area contributed by atoms with Gasteiger partial charge in [-0.15, -0.1) is 0 Å². The Morgan fingerprint density at radius 1 is 0.919 bits per heavy atom. The minimum Gasteiger partial charge on any atom is -0.480 e. The zero-order valence-electron chi connectivity index (χ0n) is 21.7. The standard InChI is InChI=1S/C22H42N8O6S/c1-4-12(2)17(20(34)29-15(21(35)36)7-8-16(24)31)30-19(33)14(6-5-10-27-22(25)26)28-18(32)13(23)9-11-37-3/h12-15,17H,4-11,23H2,1-3H3,(H2,24,31)(H,28,32)(H,29,34)(H,30,33)(H,35,36)(H4,25,26,27). The van der Waals surface area contributed by atoms with Crippen LogP contribution in [-0.4, -0.2) is 83.4 Å². The van der Waals surface area contributed by atoms with Crippen LogP contribution in [0.5, 0.6) is 0 Å². The summed E-state index contributed by atoms with van der Waals surface area (Å²) in [6, 6.07) is -4.33. The Morgan fingerprint density at radius 3 is 2.05 bits per heavy atom. The number of hydrogen-bond acceptors (Lipinski definition) is 8. The second-order valence-electron chi connectivity index (χ2n) is 8.67. The van der Waals surface area contributed by atoms with E-state index in [4.69, 9.17) is 22.9 Å². The zero-order chi connectivity index (χ0) is 28.5. The van der Waals surface area contributed by atoms with E-state index in [1.807, 2.05) is 6.26 Å². The van der Waals surface area contributed by atoms with E-state index in [0.717, 1.165) is 0 Å². The molecule has 0 aromatic heterocycles. The molecule has 0 aliphatic heterocycles. The predicted molar refractivity (Wildman–Crippen MR) is 142 cm³/mol. The van der Waals surface area contributed by atoms with E-state index in [0.29, 0.717) is 25.0 Å². The number of thioether (sulfide) groups is 1. The first-order chi connectivity index (χ1) is 17.3. The Morgan fingerprint density at radius 2 is 1.54 bits per heavy atom. The van der Waals surface area contributed by atoms with Gasteiger partial charge in [0.1, 0.15) is 18.1 Å². The molecule has 14 nitrogen and oxygen atoms in total. The summed E-state index contributed by atoms with van der Waals surface area (Å²) in [5.74, 6) is -3.76. The van der Waals surface area contributed by atoms with Crippen LogP contribution in [0.15, 0.2) is 4.99 Å². The number of carbonyl (C=O) groups excluding carboxylic acids is 4. The van der Waals surface area contributed by atoms with Gasteiger partial charge in [-0.25, -0.2) is 4.79 Å². The van der Waals surface area contributed by atoms with Crippen LogP contribution in [0.25, 0.3) is 0 Å². The van der Waals surface area contributed by atoms with Crippen molar-refractivity contribution in [3.05, 3.63) is 0 Å². The Bertz CT molecular complexity index is 808. The van der Waals surface area contributed by atoms with Crippen molar-refractivity contribution >= 4 is 47.3 Å². The van der Waals surface area contributed by atoms with Crippen LogP contribution < -0.4 is 38.9 Å². The third-order valence-corrected chi connectivity index (χ3v) is 6.28. The molecule has 5 unspecified atom stereocenters. The van der Waals surface area contributed by atoms with Crippen LogP contribution in [0.3, 0.4) is 0 Å². The molecule has 0 aromatic rings. The first-order valence-electron chi connectivity index (χ1n) is 12.1. The van der Waals surface area contributed by atoms with Crippen molar-refractivity contribution in [2.45, 2.75) is 76.5 Å². The molecular formula is C22H42N8O6S. The zero-order valence-corrected chi connectivity index (χ0v) is 22.5. The number of aliphatic imine (C=N–C) groups is 1. The summed E-state index contributed by atoms with van der Waals surface area (Å²) in [5, 5.41) is 17.0. The van der Waals surface area contributed by atoms with Crippen molar-refractivity contribution in [3.63, 3.8) is 0 Å². The lowest BCUT2D eigenvalue weighted by Gasteiger charge is -2.28. The smallest absolute Gasteiger partial charge is 0.326 e. The third kappa shape index (κ3) is 14.3. The minimum atomic E-state index is -1.37. The summed E-state index contributed by atoms with van der Waals surface area (Å²) >= 11 is 1.53. The highest BCUT2D eigenvalue weighted by Crippen LogP contribution is 2.11. The summed E-state index contributed by atoms with van der Waals surface area (Å²) < 4.78 is 0. The van der Waals surface area contributed by atoms with Gasteiger partial charge in [-0.05, 0) is 43.6 Å². The van der Waals surface area contributed by atoms with Gasteiger partial charge in [0, 0.05) is 13.0 Å². The van der Waals surface area contributed by atoms with Gasteiger partial charge in [-0.1, -0.05) is 20.3 Å². The van der Waals surface area contributed by atoms with Gasteiger partial charge in [0.05, 0.1) is 6.04 Å². The van der Waals surface area contributed by atoms with Gasteiger partial charge in [-0.3, -0.25) is 24.2 Å². The number of primary amides is 1. The van der Waals surface area contributed by atoms with Crippen molar-refractivity contribution in [1.29, 1.82) is 0 Å². The van der Waals surface area contributed by atoms with Crippen molar-refractivity contribution in [2.75, 3.05) is 18.6 Å². The number of aliphatic carboxylic acids is 1. The van der Waals surface area contributed by atoms with E-state index < -0.39 is 53.8 Å². The van der Waals surface area contributed by atoms with E-state index in [-0.39, 0.29) is 37.7 Å². The predicted octanol–water partition coefficient (Wildman–Crippen LogP) is -2.03. The molecule has 0 radical (unpaired) electrons. The number of rotatable bonds is 19. The van der Waals surface area contributed by atoms with Gasteiger partial charge < -0.3 is 44.0 Å². The Balaban J connectivity index is 5.63. The van der Waals surface area contributed by atoms with Crippen LogP contribution in [-0.2, 0) is 24.0 Å². The molecule has 0 saturated carbocycles. The first-order valence-corrected chi connectivity index (χ1v) is 13.4. The average Bonchev–Trinajstić information content (AvgIpc) is 2.83. The number of carboxylic acid groups (broad SMARTS) is 1. The van der Waals surface area contributed by atoms with Gasteiger partial charge >= 0.3 is 5.97 Å². The lowest BCUT2D eigenvalue weighted by atomic mass is 9.96. The highest BCUT2D eigenvalue weighted by atomic mass is 32.2. The number of nitrogens with one attached hydrogen (secondary N) is 3. The fraction of sp³-hybridized carbons (Fsp3) is 0.727. The molecule has 4 amide bonds. The number of carboxylic acids is 1. The second kappa shape index (κ2) is 18.2. The van der Waals surface area contributed by atoms with Gasteiger partial charge in [0.15, 0.2) is 5.96 Å². The summed E-state index contributed by atoms with van der Waals surface area (Å²) in [4.78, 5) is 65.2. The largest absolute Gasteiger partial charge is 0.480 e. The number of guanidine groups is 1. The molecule has 0 saturated heterocycles. The molecule has 0 spiro atoms. The fourth-order valence-corrected chi connectivity index (χ4v) is 3.68. The van der Waals surface area contributed by atoms with E-state index >= 15 is 0 Å². The number of amides is 4. The van der Waals surface area contributed by atoms with Gasteiger partial charge in [0.25, 0.3) is 0 Å². The molecule has 0 fully saturated rings. The van der Waals surface area contributed by atoms with Crippen molar-refractivity contribution in [2.24, 2.45) is 33.8 Å². The monoisotopic (exact) mass is 546 g/mol. The van der Waals surface area contributed by atoms with E-state index in [1.54, 1.807) is 13.8 Å². The summed E-state index contributed by atoms with van der Waals surface area (Å²) in [6.45, 7) is 3.74. The molecule has 12 N–H and O–H groups in total. The van der Waals surface area contributed by atoms with Gasteiger partial charge in [-0.2, -0.15) is 11.8 Å². The Hall–Kier alpha value is -3.07. The van der Waals surface area contributed by atoms with Crippen molar-refractivity contribution < 1.29 is 29.1 Å². The maximum atomic E-state index is 13.2. The Kier molecular flexibility index (Phi) is 16.7. The molecule has 5 atom stereocenters. The molecule has 0 bridgehead atoms. The van der Waals surface area contributed by atoms with Crippen LogP contribution in [0, 0.1) is 5.92 Å². The summed E-state index contributed by atoms with van der Waals surface area (Å²) in [6.07, 6.45) is 2.85. The molecule has 0 aromatic carbocycles. The van der Waals surface area contributed by atoms with Gasteiger partial charge in [0.2, 0.25) is 23.6 Å². The molecule has 37 heavy (non-hydrogen) atoms. The molecule has 0 aliphatic rings. The van der Waals surface area contributed by atoms with E-state index in [2.05, 4.69) is 20.9 Å². The maximum absolute atomic E-state index is 13.2. The van der Waals surface area contributed by atoms with Crippen LogP contribution in [0.4, 0.5) is 0 Å². The van der Waals surface area contributed by atoms with Crippen LogP contribution in [0.2, 0.25) is 0 Å². The lowest BCUT2D eigenvalue weighted by molar-refractivity contribution is -0.143. The number of hydrogen-bond donors (Lipinski definition) is 8. The van der Waals surface area contributed by atoms with E-state index in [9.17, 15) is 29.1 Å². The third-order valence-electron chi connectivity index (χ3n) is 5.64. The molecule has 0 heterocycles. The quantitative estimate of drug-likeness (QED) is 0.0500. The highest BCUT2D eigenvalue weighted by molar-refractivity contribution is 7.98. The normalized spacial score (nSPS) is 14.8. The molecule has 0 rings (SSSR count).